The van der Waals surface area contributed by atoms with Crippen LogP contribution in [0.3, 0.4) is 0 Å². The molecule has 9 heteroatoms. The van der Waals surface area contributed by atoms with Gasteiger partial charge in [-0.25, -0.2) is 9.18 Å². The number of halogens is 1. The molecule has 1 aliphatic rings. The predicted molar refractivity (Wildman–Crippen MR) is 153 cm³/mol. The standard InChI is InChI=1S/C32H40FNO7/c1-20(2)34(26-11-9-8-10-25(26)29(36)21-12-14-22(33)15-13-21)27(30(37)38)17-16-23-18-24(40-32(6,7)39-23)19-28(35)41-31(3,4)5/h8-17,20,23-24,27H,18-19H2,1-7H3,(H,37,38)/t23-,24-,27?/m1/s1. The average molecular weight is 570 g/mol. The molecule has 0 aromatic heterocycles. The van der Waals surface area contributed by atoms with Gasteiger partial charge in [0.15, 0.2) is 11.6 Å². The molecule has 1 aliphatic heterocycles. The molecule has 1 fully saturated rings. The highest BCUT2D eigenvalue weighted by molar-refractivity contribution is 6.12. The quantitative estimate of drug-likeness (QED) is 0.214. The second-order valence-corrected chi connectivity index (χ2v) is 11.8. The number of hydrogen-bond acceptors (Lipinski definition) is 7. The number of ketones is 1. The summed E-state index contributed by atoms with van der Waals surface area (Å²) in [5.74, 6) is -3.32. The van der Waals surface area contributed by atoms with Crippen molar-refractivity contribution in [2.45, 2.75) is 97.0 Å². The molecular weight excluding hydrogens is 529 g/mol. The van der Waals surface area contributed by atoms with Gasteiger partial charge in [-0.15, -0.1) is 0 Å². The topological polar surface area (TPSA) is 102 Å². The van der Waals surface area contributed by atoms with Crippen LogP contribution in [0, 0.1) is 5.82 Å². The van der Waals surface area contributed by atoms with Gasteiger partial charge in [-0.1, -0.05) is 24.3 Å². The van der Waals surface area contributed by atoms with Crippen molar-refractivity contribution >= 4 is 23.4 Å². The molecule has 0 spiro atoms. The van der Waals surface area contributed by atoms with Crippen molar-refractivity contribution in [2.75, 3.05) is 4.90 Å². The summed E-state index contributed by atoms with van der Waals surface area (Å²) < 4.78 is 30.9. The molecule has 41 heavy (non-hydrogen) atoms. The van der Waals surface area contributed by atoms with Crippen LogP contribution in [0.4, 0.5) is 10.1 Å². The molecule has 0 amide bonds. The van der Waals surface area contributed by atoms with Crippen molar-refractivity contribution in [3.05, 3.63) is 77.6 Å². The zero-order valence-corrected chi connectivity index (χ0v) is 24.7. The smallest absolute Gasteiger partial charge is 0.330 e. The lowest BCUT2D eigenvalue weighted by molar-refractivity contribution is -0.290. The summed E-state index contributed by atoms with van der Waals surface area (Å²) in [6.45, 7) is 12.5. The van der Waals surface area contributed by atoms with Gasteiger partial charge in [-0.3, -0.25) is 9.59 Å². The largest absolute Gasteiger partial charge is 0.479 e. The van der Waals surface area contributed by atoms with E-state index in [2.05, 4.69) is 0 Å². The number of carboxylic acid groups (broad SMARTS) is 1. The summed E-state index contributed by atoms with van der Waals surface area (Å²) in [7, 11) is 0. The molecular formula is C32H40FNO7. The first-order valence-corrected chi connectivity index (χ1v) is 13.7. The van der Waals surface area contributed by atoms with Gasteiger partial charge < -0.3 is 24.2 Å². The number of carbonyl (C=O) groups excluding carboxylic acids is 2. The van der Waals surface area contributed by atoms with Crippen molar-refractivity contribution in [1.82, 2.24) is 0 Å². The molecule has 1 unspecified atom stereocenters. The van der Waals surface area contributed by atoms with Crippen LogP contribution in [-0.2, 0) is 23.8 Å². The first-order valence-electron chi connectivity index (χ1n) is 13.7. The van der Waals surface area contributed by atoms with E-state index in [1.807, 2.05) is 13.8 Å². The van der Waals surface area contributed by atoms with Gasteiger partial charge >= 0.3 is 11.9 Å². The predicted octanol–water partition coefficient (Wildman–Crippen LogP) is 5.92. The van der Waals surface area contributed by atoms with Crippen LogP contribution < -0.4 is 4.90 Å². The highest BCUT2D eigenvalue weighted by atomic mass is 19.1. The second kappa shape index (κ2) is 13.0. The summed E-state index contributed by atoms with van der Waals surface area (Å²) in [5.41, 5.74) is 0.401. The van der Waals surface area contributed by atoms with Gasteiger partial charge in [-0.05, 0) is 84.9 Å². The number of ether oxygens (including phenoxy) is 3. The molecule has 0 radical (unpaired) electrons. The number of anilines is 1. The Morgan fingerprint density at radius 1 is 1.10 bits per heavy atom. The molecule has 1 saturated heterocycles. The van der Waals surface area contributed by atoms with Crippen LogP contribution in [0.1, 0.15) is 77.2 Å². The lowest BCUT2D eigenvalue weighted by Crippen LogP contribution is -2.47. The van der Waals surface area contributed by atoms with Crippen molar-refractivity contribution in [3.63, 3.8) is 0 Å². The second-order valence-electron chi connectivity index (χ2n) is 11.8. The maximum Gasteiger partial charge on any atom is 0.330 e. The van der Waals surface area contributed by atoms with Crippen LogP contribution in [0.15, 0.2) is 60.7 Å². The number of carboxylic acids is 1. The average Bonchev–Trinajstić information content (AvgIpc) is 2.84. The third-order valence-corrected chi connectivity index (χ3v) is 6.35. The Labute approximate surface area is 241 Å². The number of para-hydroxylation sites is 1. The van der Waals surface area contributed by atoms with Crippen molar-refractivity contribution in [1.29, 1.82) is 0 Å². The van der Waals surface area contributed by atoms with Crippen LogP contribution in [0.2, 0.25) is 0 Å². The first kappa shape index (κ1) is 32.0. The van der Waals surface area contributed by atoms with Crippen molar-refractivity contribution in [2.24, 2.45) is 0 Å². The number of aliphatic carboxylic acids is 1. The normalized spacial score (nSPS) is 19.6. The monoisotopic (exact) mass is 569 g/mol. The van der Waals surface area contributed by atoms with Gasteiger partial charge in [0.05, 0.1) is 18.6 Å². The van der Waals surface area contributed by atoms with Gasteiger partial charge in [0.1, 0.15) is 17.5 Å². The molecule has 3 atom stereocenters. The van der Waals surface area contributed by atoms with E-state index >= 15 is 0 Å². The maximum absolute atomic E-state index is 13.5. The number of esters is 1. The summed E-state index contributed by atoms with van der Waals surface area (Å²) in [6.07, 6.45) is 2.56. The number of benzene rings is 2. The summed E-state index contributed by atoms with van der Waals surface area (Å²) in [5, 5.41) is 10.3. The fourth-order valence-electron chi connectivity index (χ4n) is 4.88. The first-order chi connectivity index (χ1) is 19.1. The van der Waals surface area contributed by atoms with E-state index in [-0.39, 0.29) is 24.2 Å². The Morgan fingerprint density at radius 3 is 2.32 bits per heavy atom. The van der Waals surface area contributed by atoms with E-state index in [1.165, 1.54) is 30.3 Å². The third kappa shape index (κ3) is 8.96. The van der Waals surface area contributed by atoms with Gasteiger partial charge in [0, 0.05) is 29.3 Å². The minimum Gasteiger partial charge on any atom is -0.479 e. The number of rotatable bonds is 10. The van der Waals surface area contributed by atoms with Crippen LogP contribution in [-0.4, -0.2) is 58.5 Å². The van der Waals surface area contributed by atoms with Gasteiger partial charge in [-0.2, -0.15) is 0 Å². The summed E-state index contributed by atoms with van der Waals surface area (Å²) in [4.78, 5) is 40.1. The summed E-state index contributed by atoms with van der Waals surface area (Å²) >= 11 is 0. The number of hydrogen-bond donors (Lipinski definition) is 1. The van der Waals surface area contributed by atoms with Gasteiger partial charge in [0.25, 0.3) is 0 Å². The van der Waals surface area contributed by atoms with Crippen LogP contribution in [0.25, 0.3) is 0 Å². The third-order valence-electron chi connectivity index (χ3n) is 6.35. The number of carbonyl (C=O) groups is 3. The van der Waals surface area contributed by atoms with E-state index in [1.54, 1.807) is 69.9 Å². The Hall–Kier alpha value is -3.56. The molecule has 0 aliphatic carbocycles. The van der Waals surface area contributed by atoms with E-state index in [0.717, 1.165) is 0 Å². The maximum atomic E-state index is 13.5. The Balaban J connectivity index is 1.89. The van der Waals surface area contributed by atoms with E-state index in [0.29, 0.717) is 23.2 Å². The fourth-order valence-corrected chi connectivity index (χ4v) is 4.88. The zero-order chi connectivity index (χ0) is 30.5. The molecule has 1 N–H and O–H groups in total. The zero-order valence-electron chi connectivity index (χ0n) is 24.7. The van der Waals surface area contributed by atoms with Crippen molar-refractivity contribution in [3.8, 4) is 0 Å². The van der Waals surface area contributed by atoms with Crippen LogP contribution in [0.5, 0.6) is 0 Å². The molecule has 0 saturated carbocycles. The Morgan fingerprint density at radius 2 is 1.73 bits per heavy atom. The number of nitrogens with zero attached hydrogens (tertiary/aromatic N) is 1. The van der Waals surface area contributed by atoms with Gasteiger partial charge in [0.2, 0.25) is 0 Å². The molecule has 8 nitrogen and oxygen atoms in total. The lowest BCUT2D eigenvalue weighted by Gasteiger charge is -2.40. The lowest BCUT2D eigenvalue weighted by atomic mass is 9.98. The van der Waals surface area contributed by atoms with E-state index < -0.39 is 41.4 Å². The molecule has 2 aromatic rings. The molecule has 222 valence electrons. The minimum absolute atomic E-state index is 0.0355. The minimum atomic E-state index is -1.14. The SMILES string of the molecule is CC(C)N(c1ccccc1C(=O)c1ccc(F)cc1)C(C=C[C@@H]1C[C@H](CC(=O)OC(C)(C)C)OC(C)(C)O1)C(=O)O. The molecule has 1 heterocycles. The Kier molecular flexibility index (Phi) is 10.1. The molecule has 2 aromatic carbocycles. The van der Waals surface area contributed by atoms with E-state index in [4.69, 9.17) is 14.2 Å². The van der Waals surface area contributed by atoms with Crippen molar-refractivity contribution < 1.29 is 38.1 Å². The summed E-state index contributed by atoms with van der Waals surface area (Å²) in [6, 6.07) is 10.5. The van der Waals surface area contributed by atoms with Crippen LogP contribution >= 0.6 is 0 Å². The van der Waals surface area contributed by atoms with E-state index in [9.17, 15) is 23.9 Å². The molecule has 0 bridgehead atoms. The fraction of sp³-hybridized carbons (Fsp3) is 0.469. The Bertz CT molecular complexity index is 1260. The highest BCUT2D eigenvalue weighted by Gasteiger charge is 2.37. The highest BCUT2D eigenvalue weighted by Crippen LogP contribution is 2.31. The molecule has 3 rings (SSSR count).